The lowest BCUT2D eigenvalue weighted by molar-refractivity contribution is -0.120. The van der Waals surface area contributed by atoms with E-state index in [1.165, 1.54) is 0 Å². The highest BCUT2D eigenvalue weighted by Crippen LogP contribution is 2.19. The summed E-state index contributed by atoms with van der Waals surface area (Å²) in [5.41, 5.74) is 6.58. The van der Waals surface area contributed by atoms with E-state index in [0.29, 0.717) is 16.7 Å². The molecule has 0 unspecified atom stereocenters. The number of aromatic nitrogens is 3. The Morgan fingerprint density at radius 2 is 1.66 bits per heavy atom. The zero-order valence-corrected chi connectivity index (χ0v) is 19.8. The molecule has 1 amide bonds. The molecule has 0 saturated carbocycles. The van der Waals surface area contributed by atoms with Gasteiger partial charge in [0.15, 0.2) is 0 Å². The first-order valence-electron chi connectivity index (χ1n) is 11.4. The number of rotatable bonds is 5. The predicted octanol–water partition coefficient (Wildman–Crippen LogP) is 4.28. The highest BCUT2D eigenvalue weighted by Gasteiger charge is 2.15. The molecule has 5 rings (SSSR count). The van der Waals surface area contributed by atoms with Crippen LogP contribution < -0.4 is 11.0 Å². The molecule has 35 heavy (non-hydrogen) atoms. The van der Waals surface area contributed by atoms with Crippen molar-refractivity contribution in [2.45, 2.75) is 27.2 Å². The molecule has 7 heteroatoms. The lowest BCUT2D eigenvalue weighted by Gasteiger charge is -2.16. The number of nitrogens with one attached hydrogen (secondary N) is 1. The lowest BCUT2D eigenvalue weighted by Crippen LogP contribution is -2.30. The van der Waals surface area contributed by atoms with Crippen molar-refractivity contribution in [3.8, 4) is 0 Å². The zero-order valence-electron chi connectivity index (χ0n) is 19.8. The van der Waals surface area contributed by atoms with Crippen molar-refractivity contribution in [2.24, 2.45) is 5.10 Å². The molecule has 5 aromatic rings. The fourth-order valence-corrected chi connectivity index (χ4v) is 4.52. The summed E-state index contributed by atoms with van der Waals surface area (Å²) >= 11 is 0. The molecule has 0 aliphatic carbocycles. The number of nitrogens with zero attached hydrogens (tertiary/aromatic N) is 4. The summed E-state index contributed by atoms with van der Waals surface area (Å²) < 4.78 is 3.40. The van der Waals surface area contributed by atoms with Crippen LogP contribution in [0.5, 0.6) is 0 Å². The van der Waals surface area contributed by atoms with E-state index >= 15 is 0 Å². The van der Waals surface area contributed by atoms with E-state index in [4.69, 9.17) is 0 Å². The van der Waals surface area contributed by atoms with Crippen molar-refractivity contribution in [3.63, 3.8) is 0 Å². The summed E-state index contributed by atoms with van der Waals surface area (Å²) in [7, 11) is 0. The topological polar surface area (TPSA) is 81.3 Å². The Bertz CT molecular complexity index is 1670. The molecule has 0 radical (unpaired) electrons. The van der Waals surface area contributed by atoms with Gasteiger partial charge in [0.1, 0.15) is 5.82 Å². The van der Waals surface area contributed by atoms with Gasteiger partial charge in [-0.1, -0.05) is 54.6 Å². The SMILES string of the molecule is Cc1cc(C=NNC(=O)Cc2cccc3ccccc23)c(C)n1-n1c(C)nc2ccccc2c1=O. The highest BCUT2D eigenvalue weighted by atomic mass is 16.2. The standard InChI is InChI=1S/C28H25N5O2/c1-18-15-23(17-29-31-27(34)16-22-11-8-10-21-9-4-5-12-24(21)22)19(2)32(18)33-20(3)30-26-14-7-6-13-25(26)28(33)35/h4-15,17H,16H2,1-3H3,(H,31,34). The van der Waals surface area contributed by atoms with E-state index in [2.05, 4.69) is 15.5 Å². The van der Waals surface area contributed by atoms with E-state index in [1.54, 1.807) is 17.0 Å². The Morgan fingerprint density at radius 1 is 0.943 bits per heavy atom. The average molecular weight is 464 g/mol. The molecule has 3 aromatic carbocycles. The van der Waals surface area contributed by atoms with Crippen molar-refractivity contribution < 1.29 is 4.79 Å². The maximum atomic E-state index is 13.2. The zero-order chi connectivity index (χ0) is 24.5. The minimum atomic E-state index is -0.197. The fourth-order valence-electron chi connectivity index (χ4n) is 4.52. The maximum Gasteiger partial charge on any atom is 0.280 e. The molecule has 0 aliphatic rings. The Labute approximate surface area is 202 Å². The number of para-hydroxylation sites is 1. The molecular formula is C28H25N5O2. The number of benzene rings is 3. The summed E-state index contributed by atoms with van der Waals surface area (Å²) in [6, 6.07) is 23.2. The molecule has 1 N–H and O–H groups in total. The number of carbonyl (C=O) groups excluding carboxylic acids is 1. The minimum absolute atomic E-state index is 0.137. The largest absolute Gasteiger partial charge is 0.280 e. The first-order chi connectivity index (χ1) is 16.9. The molecular weight excluding hydrogens is 438 g/mol. The molecule has 174 valence electrons. The number of amides is 1. The van der Waals surface area contributed by atoms with Crippen LogP contribution in [-0.4, -0.2) is 26.5 Å². The monoisotopic (exact) mass is 463 g/mol. The minimum Gasteiger partial charge on any atom is -0.273 e. The van der Waals surface area contributed by atoms with Crippen LogP contribution in [0, 0.1) is 20.8 Å². The third kappa shape index (κ3) is 4.12. The maximum absolute atomic E-state index is 13.2. The molecule has 2 aromatic heterocycles. The quantitative estimate of drug-likeness (QED) is 0.312. The Balaban J connectivity index is 1.39. The first-order valence-corrected chi connectivity index (χ1v) is 11.4. The van der Waals surface area contributed by atoms with Crippen LogP contribution in [0.15, 0.2) is 82.7 Å². The van der Waals surface area contributed by atoms with Gasteiger partial charge in [-0.05, 0) is 55.3 Å². The van der Waals surface area contributed by atoms with Crippen LogP contribution in [0.4, 0.5) is 0 Å². The van der Waals surface area contributed by atoms with Gasteiger partial charge in [0.25, 0.3) is 5.56 Å². The Kier molecular flexibility index (Phi) is 5.74. The summed E-state index contributed by atoms with van der Waals surface area (Å²) in [6.45, 7) is 5.64. The average Bonchev–Trinajstić information content (AvgIpc) is 3.12. The number of hydrogen-bond acceptors (Lipinski definition) is 4. The summed E-state index contributed by atoms with van der Waals surface area (Å²) in [6.07, 6.45) is 1.84. The second kappa shape index (κ2) is 9.02. The second-order valence-corrected chi connectivity index (χ2v) is 8.54. The Morgan fingerprint density at radius 3 is 2.49 bits per heavy atom. The smallest absolute Gasteiger partial charge is 0.273 e. The molecule has 0 aliphatic heterocycles. The highest BCUT2D eigenvalue weighted by molar-refractivity contribution is 5.91. The number of hydrogen-bond donors (Lipinski definition) is 1. The van der Waals surface area contributed by atoms with Gasteiger partial charge in [0.2, 0.25) is 5.91 Å². The predicted molar refractivity (Wildman–Crippen MR) is 139 cm³/mol. The van der Waals surface area contributed by atoms with Crippen molar-refractivity contribution in [2.75, 3.05) is 0 Å². The normalized spacial score (nSPS) is 11.5. The number of hydrazone groups is 1. The molecule has 7 nitrogen and oxygen atoms in total. The molecule has 2 heterocycles. The van der Waals surface area contributed by atoms with E-state index in [9.17, 15) is 9.59 Å². The van der Waals surface area contributed by atoms with Gasteiger partial charge in [0, 0.05) is 17.0 Å². The van der Waals surface area contributed by atoms with E-state index < -0.39 is 0 Å². The molecule has 0 saturated heterocycles. The van der Waals surface area contributed by atoms with E-state index in [0.717, 1.165) is 33.3 Å². The van der Waals surface area contributed by atoms with Crippen molar-refractivity contribution in [3.05, 3.63) is 111 Å². The van der Waals surface area contributed by atoms with Crippen LogP contribution in [-0.2, 0) is 11.2 Å². The van der Waals surface area contributed by atoms with Crippen LogP contribution >= 0.6 is 0 Å². The van der Waals surface area contributed by atoms with Crippen molar-refractivity contribution >= 4 is 33.8 Å². The third-order valence-corrected chi connectivity index (χ3v) is 6.17. The summed E-state index contributed by atoms with van der Waals surface area (Å²) in [5.74, 6) is 0.389. The van der Waals surface area contributed by atoms with Gasteiger partial charge in [-0.15, -0.1) is 0 Å². The van der Waals surface area contributed by atoms with Gasteiger partial charge < -0.3 is 0 Å². The van der Waals surface area contributed by atoms with Crippen LogP contribution in [0.3, 0.4) is 0 Å². The van der Waals surface area contributed by atoms with Crippen molar-refractivity contribution in [1.82, 2.24) is 19.8 Å². The van der Waals surface area contributed by atoms with Gasteiger partial charge in [-0.2, -0.15) is 9.78 Å². The molecule has 0 spiro atoms. The van der Waals surface area contributed by atoms with Crippen LogP contribution in [0.2, 0.25) is 0 Å². The molecule has 0 atom stereocenters. The van der Waals surface area contributed by atoms with E-state index in [-0.39, 0.29) is 17.9 Å². The Hall–Kier alpha value is -4.52. The summed E-state index contributed by atoms with van der Waals surface area (Å²) in [5, 5.41) is 6.89. The van der Waals surface area contributed by atoms with Gasteiger partial charge in [-0.3, -0.25) is 14.3 Å². The van der Waals surface area contributed by atoms with Crippen LogP contribution in [0.25, 0.3) is 21.7 Å². The number of fused-ring (bicyclic) bond motifs is 2. The third-order valence-electron chi connectivity index (χ3n) is 6.17. The second-order valence-electron chi connectivity index (χ2n) is 8.54. The van der Waals surface area contributed by atoms with Gasteiger partial charge >= 0.3 is 0 Å². The van der Waals surface area contributed by atoms with Gasteiger partial charge in [-0.25, -0.2) is 10.4 Å². The van der Waals surface area contributed by atoms with Crippen LogP contribution in [0.1, 0.15) is 28.3 Å². The lowest BCUT2D eigenvalue weighted by atomic mass is 10.0. The van der Waals surface area contributed by atoms with E-state index in [1.807, 2.05) is 92.2 Å². The molecule has 0 bridgehead atoms. The van der Waals surface area contributed by atoms with Crippen molar-refractivity contribution in [1.29, 1.82) is 0 Å². The number of aryl methyl sites for hydroxylation is 2. The fraction of sp³-hybridized carbons (Fsp3) is 0.143. The number of carbonyl (C=O) groups is 1. The first kappa shape index (κ1) is 22.3. The summed E-state index contributed by atoms with van der Waals surface area (Å²) in [4.78, 5) is 30.4. The molecule has 0 fully saturated rings. The van der Waals surface area contributed by atoms with Gasteiger partial charge in [0.05, 0.1) is 23.5 Å².